The van der Waals surface area contributed by atoms with Crippen molar-refractivity contribution in [2.45, 2.75) is 32.0 Å². The van der Waals surface area contributed by atoms with Gasteiger partial charge in [0.1, 0.15) is 5.75 Å². The molecule has 0 unspecified atom stereocenters. The molecule has 0 saturated carbocycles. The summed E-state index contributed by atoms with van der Waals surface area (Å²) in [6, 6.07) is 2.78. The van der Waals surface area contributed by atoms with Crippen LogP contribution in [0.2, 0.25) is 0 Å². The summed E-state index contributed by atoms with van der Waals surface area (Å²) >= 11 is 0. The van der Waals surface area contributed by atoms with Gasteiger partial charge in [0, 0.05) is 44.4 Å². The number of hydrogen-bond donors (Lipinski definition) is 2. The minimum absolute atomic E-state index is 0. The lowest BCUT2D eigenvalue weighted by Crippen LogP contribution is -2.46. The van der Waals surface area contributed by atoms with Gasteiger partial charge in [0.25, 0.3) is 0 Å². The van der Waals surface area contributed by atoms with E-state index in [0.717, 1.165) is 12.8 Å². The molecule has 30 heavy (non-hydrogen) atoms. The fourth-order valence-electron chi connectivity index (χ4n) is 3.37. The van der Waals surface area contributed by atoms with Crippen LogP contribution < -0.4 is 24.8 Å². The van der Waals surface area contributed by atoms with Gasteiger partial charge in [-0.3, -0.25) is 4.99 Å². The van der Waals surface area contributed by atoms with Gasteiger partial charge in [-0.05, 0) is 18.9 Å². The van der Waals surface area contributed by atoms with E-state index in [-0.39, 0.29) is 49.1 Å². The lowest BCUT2D eigenvalue weighted by molar-refractivity contribution is -0.0505. The molecule has 1 aromatic carbocycles. The number of alkyl halides is 2. The zero-order chi connectivity index (χ0) is 21.0. The average Bonchev–Trinajstić information content (AvgIpc) is 3.29. The van der Waals surface area contributed by atoms with E-state index in [2.05, 4.69) is 20.4 Å². The topological polar surface area (TPSA) is 101 Å². The second-order valence-corrected chi connectivity index (χ2v) is 8.60. The lowest BCUT2D eigenvalue weighted by Gasteiger charge is -2.23. The number of ether oxygens (including phenoxy) is 3. The highest BCUT2D eigenvalue weighted by Gasteiger charge is 2.31. The number of guanidine groups is 1. The number of hydrogen-bond acceptors (Lipinski definition) is 6. The van der Waals surface area contributed by atoms with E-state index in [4.69, 9.17) is 9.47 Å². The third kappa shape index (κ3) is 6.20. The first-order valence-electron chi connectivity index (χ1n) is 9.06. The molecule has 1 fully saturated rings. The van der Waals surface area contributed by atoms with Crippen LogP contribution in [0.25, 0.3) is 0 Å². The Balaban J connectivity index is 0.00000320. The maximum Gasteiger partial charge on any atom is 0.387 e. The van der Waals surface area contributed by atoms with Gasteiger partial charge in [-0.15, -0.1) is 24.0 Å². The number of benzene rings is 1. The van der Waals surface area contributed by atoms with Crippen molar-refractivity contribution in [2.75, 3.05) is 33.2 Å². The molecule has 0 radical (unpaired) electrons. The van der Waals surface area contributed by atoms with Gasteiger partial charge in [-0.2, -0.15) is 13.1 Å². The molecule has 170 valence electrons. The van der Waals surface area contributed by atoms with E-state index >= 15 is 0 Å². The van der Waals surface area contributed by atoms with Gasteiger partial charge >= 0.3 is 6.61 Å². The minimum atomic E-state index is -3.26. The van der Waals surface area contributed by atoms with E-state index < -0.39 is 16.6 Å². The number of sulfonamides is 1. The SMILES string of the molecule is CN=C(NCc1cc2c(cc1OC(F)F)OCO2)NC[C@H]1CCCN1S(C)(=O)=O.I. The van der Waals surface area contributed by atoms with E-state index in [1.54, 1.807) is 13.1 Å². The first-order chi connectivity index (χ1) is 13.8. The lowest BCUT2D eigenvalue weighted by atomic mass is 10.1. The number of fused-ring (bicyclic) bond motifs is 1. The van der Waals surface area contributed by atoms with Crippen LogP contribution in [-0.2, 0) is 16.6 Å². The second kappa shape index (κ2) is 10.6. The van der Waals surface area contributed by atoms with E-state index in [9.17, 15) is 17.2 Å². The Hall–Kier alpha value is -1.61. The molecule has 0 bridgehead atoms. The van der Waals surface area contributed by atoms with E-state index in [1.165, 1.54) is 16.6 Å². The van der Waals surface area contributed by atoms with Crippen molar-refractivity contribution in [3.63, 3.8) is 0 Å². The summed E-state index contributed by atoms with van der Waals surface area (Å²) < 4.78 is 65.7. The van der Waals surface area contributed by atoms with Crippen molar-refractivity contribution in [1.82, 2.24) is 14.9 Å². The molecule has 0 aliphatic carbocycles. The van der Waals surface area contributed by atoms with Crippen LogP contribution in [0.3, 0.4) is 0 Å². The molecule has 3 rings (SSSR count). The van der Waals surface area contributed by atoms with Gasteiger partial charge < -0.3 is 24.8 Å². The number of rotatable bonds is 7. The Morgan fingerprint density at radius 3 is 2.67 bits per heavy atom. The molecule has 0 aromatic heterocycles. The summed E-state index contributed by atoms with van der Waals surface area (Å²) in [4.78, 5) is 4.10. The number of nitrogens with zero attached hydrogens (tertiary/aromatic N) is 2. The molecule has 2 aliphatic rings. The Labute approximate surface area is 191 Å². The standard InChI is InChI=1S/C17H24F2N4O5S.HI/c1-20-17(22-9-12-4-3-5-23(12)29(2,24)25)21-8-11-6-14-15(27-10-26-14)7-13(11)28-16(18)19;/h6-7,12,16H,3-5,8-10H2,1-2H3,(H2,20,21,22);1H/t12-;/m1./s1. The largest absolute Gasteiger partial charge is 0.454 e. The maximum absolute atomic E-state index is 12.7. The molecule has 2 heterocycles. The summed E-state index contributed by atoms with van der Waals surface area (Å²) in [7, 11) is -1.70. The summed E-state index contributed by atoms with van der Waals surface area (Å²) in [6.45, 7) is -1.94. The van der Waals surface area contributed by atoms with Gasteiger partial charge in [0.15, 0.2) is 17.5 Å². The Kier molecular flexibility index (Phi) is 8.73. The smallest absolute Gasteiger partial charge is 0.387 e. The Bertz CT molecular complexity index is 872. The van der Waals surface area contributed by atoms with Gasteiger partial charge in [-0.25, -0.2) is 8.42 Å². The number of aliphatic imine (C=N–C) groups is 1. The van der Waals surface area contributed by atoms with Gasteiger partial charge in [0.2, 0.25) is 16.8 Å². The van der Waals surface area contributed by atoms with Crippen LogP contribution in [0.4, 0.5) is 8.78 Å². The Morgan fingerprint density at radius 1 is 1.33 bits per heavy atom. The molecular weight excluding hydrogens is 537 g/mol. The summed E-state index contributed by atoms with van der Waals surface area (Å²) in [5.74, 6) is 1.17. The molecular formula is C17H25F2IN4O5S. The molecule has 9 nitrogen and oxygen atoms in total. The third-order valence-corrected chi connectivity index (χ3v) is 6.03. The Morgan fingerprint density at radius 2 is 2.03 bits per heavy atom. The van der Waals surface area contributed by atoms with Crippen LogP contribution >= 0.6 is 24.0 Å². The van der Waals surface area contributed by atoms with Crippen molar-refractivity contribution in [3.05, 3.63) is 17.7 Å². The summed E-state index contributed by atoms with van der Waals surface area (Å²) in [5, 5.41) is 6.10. The minimum Gasteiger partial charge on any atom is -0.454 e. The zero-order valence-electron chi connectivity index (χ0n) is 16.6. The first kappa shape index (κ1) is 24.7. The predicted octanol–water partition coefficient (Wildman–Crippen LogP) is 1.72. The van der Waals surface area contributed by atoms with Crippen molar-refractivity contribution < 1.29 is 31.4 Å². The molecule has 1 atom stereocenters. The molecule has 1 saturated heterocycles. The molecule has 2 aliphatic heterocycles. The van der Waals surface area contributed by atoms with Crippen molar-refractivity contribution in [3.8, 4) is 17.2 Å². The van der Waals surface area contributed by atoms with E-state index in [1.807, 2.05) is 0 Å². The highest BCUT2D eigenvalue weighted by Crippen LogP contribution is 2.38. The average molecular weight is 562 g/mol. The quantitative estimate of drug-likeness (QED) is 0.297. The first-order valence-corrected chi connectivity index (χ1v) is 10.9. The number of halogens is 3. The molecule has 0 spiro atoms. The normalized spacial score (nSPS) is 19.0. The van der Waals surface area contributed by atoms with Crippen LogP contribution in [-0.4, -0.2) is 64.5 Å². The van der Waals surface area contributed by atoms with Crippen LogP contribution in [0.15, 0.2) is 17.1 Å². The highest BCUT2D eigenvalue weighted by atomic mass is 127. The van der Waals surface area contributed by atoms with Gasteiger partial charge in [0.05, 0.1) is 6.26 Å². The zero-order valence-corrected chi connectivity index (χ0v) is 19.7. The fourth-order valence-corrected chi connectivity index (χ4v) is 4.56. The molecule has 1 aromatic rings. The fraction of sp³-hybridized carbons (Fsp3) is 0.588. The molecule has 2 N–H and O–H groups in total. The predicted molar refractivity (Wildman–Crippen MR) is 117 cm³/mol. The summed E-state index contributed by atoms with van der Waals surface area (Å²) in [5.41, 5.74) is 0.441. The van der Waals surface area contributed by atoms with Crippen LogP contribution in [0, 0.1) is 0 Å². The third-order valence-electron chi connectivity index (χ3n) is 4.70. The van der Waals surface area contributed by atoms with E-state index in [0.29, 0.717) is 36.1 Å². The number of nitrogens with one attached hydrogen (secondary N) is 2. The summed E-state index contributed by atoms with van der Waals surface area (Å²) in [6.07, 6.45) is 2.76. The highest BCUT2D eigenvalue weighted by molar-refractivity contribution is 14.0. The monoisotopic (exact) mass is 562 g/mol. The van der Waals surface area contributed by atoms with Crippen LogP contribution in [0.1, 0.15) is 18.4 Å². The maximum atomic E-state index is 12.7. The van der Waals surface area contributed by atoms with Gasteiger partial charge in [-0.1, -0.05) is 0 Å². The second-order valence-electron chi connectivity index (χ2n) is 6.67. The van der Waals surface area contributed by atoms with Crippen molar-refractivity contribution in [2.24, 2.45) is 4.99 Å². The molecule has 0 amide bonds. The van der Waals surface area contributed by atoms with Crippen molar-refractivity contribution >= 4 is 40.0 Å². The van der Waals surface area contributed by atoms with Crippen molar-refractivity contribution in [1.29, 1.82) is 0 Å². The molecule has 13 heteroatoms. The van der Waals surface area contributed by atoms with Crippen LogP contribution in [0.5, 0.6) is 17.2 Å².